The average Bonchev–Trinajstić information content (AvgIpc) is 3.03. The van der Waals surface area contributed by atoms with Crippen LogP contribution in [0.1, 0.15) is 11.5 Å². The van der Waals surface area contributed by atoms with Gasteiger partial charge in [-0.3, -0.25) is 9.78 Å². The lowest BCUT2D eigenvalue weighted by Gasteiger charge is -2.08. The van der Waals surface area contributed by atoms with Gasteiger partial charge in [-0.1, -0.05) is 11.6 Å². The Morgan fingerprint density at radius 1 is 1.35 bits per heavy atom. The van der Waals surface area contributed by atoms with Crippen molar-refractivity contribution in [1.29, 1.82) is 0 Å². The first-order chi connectivity index (χ1) is 11.2. The molecule has 0 amide bonds. The Morgan fingerprint density at radius 3 is 2.87 bits per heavy atom. The van der Waals surface area contributed by atoms with Crippen LogP contribution in [0.5, 0.6) is 5.75 Å². The Labute approximate surface area is 136 Å². The average molecular weight is 333 g/mol. The molecule has 0 aliphatic rings. The molecule has 0 radical (unpaired) electrons. The lowest BCUT2D eigenvalue weighted by atomic mass is 10.2. The highest BCUT2D eigenvalue weighted by atomic mass is 35.5. The number of aromatic nitrogens is 3. The van der Waals surface area contributed by atoms with Gasteiger partial charge in [0, 0.05) is 5.69 Å². The molecule has 0 saturated carbocycles. The maximum atomic E-state index is 12.0. The van der Waals surface area contributed by atoms with E-state index in [4.69, 9.17) is 20.8 Å². The summed E-state index contributed by atoms with van der Waals surface area (Å²) in [5.74, 6) is 1.43. The fraction of sp³-hybridized carbons (Fsp3) is 0.133. The van der Waals surface area contributed by atoms with E-state index in [1.165, 1.54) is 7.11 Å². The maximum Gasteiger partial charge on any atom is 0.274 e. The van der Waals surface area contributed by atoms with Crippen LogP contribution in [0.25, 0.3) is 0 Å². The molecule has 0 aliphatic carbocycles. The number of halogens is 1. The van der Waals surface area contributed by atoms with Crippen LogP contribution in [-0.2, 0) is 6.42 Å². The number of furan rings is 1. The number of anilines is 2. The number of ether oxygens (including phenoxy) is 1. The smallest absolute Gasteiger partial charge is 0.274 e. The van der Waals surface area contributed by atoms with Crippen molar-refractivity contribution in [2.75, 3.05) is 12.4 Å². The Morgan fingerprint density at radius 2 is 2.22 bits per heavy atom. The number of rotatable bonds is 5. The predicted octanol–water partition coefficient (Wildman–Crippen LogP) is 2.75. The standard InChI is InChI=1S/C15H13ClN4O3/c1-22-13-5-4-9(7-11(13)16)17-15-18-14(21)12(19-20-15)8-10-3-2-6-23-10/h2-7H,8H2,1H3,(H2,17,18,20,21). The van der Waals surface area contributed by atoms with Gasteiger partial charge in [0.2, 0.25) is 5.95 Å². The lowest BCUT2D eigenvalue weighted by Crippen LogP contribution is -2.18. The molecule has 2 aromatic heterocycles. The molecule has 23 heavy (non-hydrogen) atoms. The second-order valence-corrected chi connectivity index (χ2v) is 5.09. The van der Waals surface area contributed by atoms with Crippen LogP contribution >= 0.6 is 11.6 Å². The third kappa shape index (κ3) is 3.51. The number of benzene rings is 1. The first-order valence-corrected chi connectivity index (χ1v) is 7.12. The number of hydrogen-bond donors (Lipinski definition) is 2. The zero-order chi connectivity index (χ0) is 16.2. The molecule has 2 N–H and O–H groups in total. The van der Waals surface area contributed by atoms with Crippen LogP contribution in [-0.4, -0.2) is 22.3 Å². The van der Waals surface area contributed by atoms with Crippen molar-refractivity contribution in [2.45, 2.75) is 6.42 Å². The lowest BCUT2D eigenvalue weighted by molar-refractivity contribution is 0.415. The van der Waals surface area contributed by atoms with E-state index in [9.17, 15) is 4.79 Å². The van der Waals surface area contributed by atoms with Gasteiger partial charge >= 0.3 is 0 Å². The third-order valence-electron chi connectivity index (χ3n) is 3.10. The molecule has 2 heterocycles. The van der Waals surface area contributed by atoms with Crippen molar-refractivity contribution in [3.63, 3.8) is 0 Å². The molecule has 0 aliphatic heterocycles. The Bertz CT molecular complexity index is 861. The van der Waals surface area contributed by atoms with Gasteiger partial charge in [0.1, 0.15) is 17.2 Å². The Hall–Kier alpha value is -2.80. The molecule has 3 rings (SSSR count). The quantitative estimate of drug-likeness (QED) is 0.746. The van der Waals surface area contributed by atoms with E-state index in [-0.39, 0.29) is 23.6 Å². The molecule has 0 atom stereocenters. The normalized spacial score (nSPS) is 10.5. The van der Waals surface area contributed by atoms with E-state index < -0.39 is 0 Å². The van der Waals surface area contributed by atoms with Gasteiger partial charge in [0.15, 0.2) is 0 Å². The van der Waals surface area contributed by atoms with Crippen LogP contribution in [0.4, 0.5) is 11.6 Å². The van der Waals surface area contributed by atoms with E-state index in [0.717, 1.165) is 0 Å². The molecule has 0 saturated heterocycles. The Kier molecular flexibility index (Phi) is 4.29. The summed E-state index contributed by atoms with van der Waals surface area (Å²) in [5, 5.41) is 11.3. The number of methoxy groups -OCH3 is 1. The number of H-pyrrole nitrogens is 1. The zero-order valence-electron chi connectivity index (χ0n) is 12.2. The van der Waals surface area contributed by atoms with Crippen molar-refractivity contribution < 1.29 is 9.15 Å². The summed E-state index contributed by atoms with van der Waals surface area (Å²) in [7, 11) is 1.54. The van der Waals surface area contributed by atoms with Crippen molar-refractivity contribution in [2.24, 2.45) is 0 Å². The Balaban J connectivity index is 1.78. The van der Waals surface area contributed by atoms with Gasteiger partial charge in [0.25, 0.3) is 5.56 Å². The fourth-order valence-electron chi connectivity index (χ4n) is 1.99. The second-order valence-electron chi connectivity index (χ2n) is 4.68. The van der Waals surface area contributed by atoms with Crippen LogP contribution in [0.2, 0.25) is 5.02 Å². The monoisotopic (exact) mass is 332 g/mol. The largest absolute Gasteiger partial charge is 0.495 e. The van der Waals surface area contributed by atoms with Gasteiger partial charge in [-0.2, -0.15) is 0 Å². The van der Waals surface area contributed by atoms with Crippen molar-refractivity contribution in [3.8, 4) is 5.75 Å². The molecular weight excluding hydrogens is 320 g/mol. The van der Waals surface area contributed by atoms with Crippen molar-refractivity contribution >= 4 is 23.2 Å². The highest BCUT2D eigenvalue weighted by Gasteiger charge is 2.08. The van der Waals surface area contributed by atoms with E-state index >= 15 is 0 Å². The molecule has 0 spiro atoms. The molecule has 0 fully saturated rings. The summed E-state index contributed by atoms with van der Waals surface area (Å²) in [6.07, 6.45) is 1.82. The predicted molar refractivity (Wildman–Crippen MR) is 85.5 cm³/mol. The number of nitrogens with one attached hydrogen (secondary N) is 2. The van der Waals surface area contributed by atoms with E-state index in [1.807, 2.05) is 0 Å². The van der Waals surface area contributed by atoms with Crippen molar-refractivity contribution in [3.05, 3.63) is 63.4 Å². The first-order valence-electron chi connectivity index (χ1n) is 6.74. The SMILES string of the molecule is COc1ccc(Nc2nnc(Cc3ccco3)c(=O)[nH]2)cc1Cl. The summed E-state index contributed by atoms with van der Waals surface area (Å²) in [5.41, 5.74) is 0.594. The minimum Gasteiger partial charge on any atom is -0.495 e. The molecule has 7 nitrogen and oxygen atoms in total. The molecule has 3 aromatic rings. The highest BCUT2D eigenvalue weighted by molar-refractivity contribution is 6.32. The zero-order valence-corrected chi connectivity index (χ0v) is 12.9. The molecule has 118 valence electrons. The minimum atomic E-state index is -0.335. The van der Waals surface area contributed by atoms with Crippen LogP contribution < -0.4 is 15.6 Å². The fourth-order valence-corrected chi connectivity index (χ4v) is 2.25. The highest BCUT2D eigenvalue weighted by Crippen LogP contribution is 2.27. The van der Waals surface area contributed by atoms with E-state index in [0.29, 0.717) is 22.2 Å². The van der Waals surface area contributed by atoms with E-state index in [2.05, 4.69) is 20.5 Å². The number of aromatic amines is 1. The summed E-state index contributed by atoms with van der Waals surface area (Å²) in [4.78, 5) is 14.7. The van der Waals surface area contributed by atoms with E-state index in [1.54, 1.807) is 36.6 Å². The maximum absolute atomic E-state index is 12.0. The van der Waals surface area contributed by atoms with Crippen LogP contribution in [0, 0.1) is 0 Å². The van der Waals surface area contributed by atoms with Crippen molar-refractivity contribution in [1.82, 2.24) is 15.2 Å². The number of hydrogen-bond acceptors (Lipinski definition) is 6. The summed E-state index contributed by atoms with van der Waals surface area (Å²) in [6, 6.07) is 8.65. The molecular formula is C15H13ClN4O3. The number of nitrogens with zero attached hydrogens (tertiary/aromatic N) is 2. The van der Waals surface area contributed by atoms with Crippen LogP contribution in [0.3, 0.4) is 0 Å². The van der Waals surface area contributed by atoms with Gasteiger partial charge in [-0.15, -0.1) is 10.2 Å². The third-order valence-corrected chi connectivity index (χ3v) is 3.40. The minimum absolute atomic E-state index is 0.222. The first kappa shape index (κ1) is 15.1. The summed E-state index contributed by atoms with van der Waals surface area (Å²) in [6.45, 7) is 0. The van der Waals surface area contributed by atoms with Gasteiger partial charge in [-0.05, 0) is 30.3 Å². The second kappa shape index (κ2) is 6.53. The summed E-state index contributed by atoms with van der Waals surface area (Å²) < 4.78 is 10.3. The van der Waals surface area contributed by atoms with Gasteiger partial charge in [0.05, 0.1) is 24.8 Å². The van der Waals surface area contributed by atoms with Gasteiger partial charge < -0.3 is 14.5 Å². The molecule has 1 aromatic carbocycles. The summed E-state index contributed by atoms with van der Waals surface area (Å²) >= 11 is 6.05. The molecule has 0 unspecified atom stereocenters. The van der Waals surface area contributed by atoms with Crippen LogP contribution in [0.15, 0.2) is 45.8 Å². The molecule has 8 heteroatoms. The van der Waals surface area contributed by atoms with Gasteiger partial charge in [-0.25, -0.2) is 0 Å². The molecule has 0 bridgehead atoms. The topological polar surface area (TPSA) is 93.0 Å².